The van der Waals surface area contributed by atoms with Gasteiger partial charge in [-0.1, -0.05) is 13.8 Å². The third-order valence-corrected chi connectivity index (χ3v) is 3.01. The molecule has 1 aliphatic heterocycles. The van der Waals surface area contributed by atoms with E-state index >= 15 is 0 Å². The van der Waals surface area contributed by atoms with Gasteiger partial charge in [-0.05, 0) is 39.2 Å². The number of ether oxygens (including phenoxy) is 1. The molecule has 0 N–H and O–H groups in total. The van der Waals surface area contributed by atoms with E-state index in [4.69, 9.17) is 4.74 Å². The Balaban J connectivity index is 2.22. The molecule has 1 atom stereocenters. The number of nitrogens with zero attached hydrogens (tertiary/aromatic N) is 1. The van der Waals surface area contributed by atoms with E-state index in [1.165, 1.54) is 19.4 Å². The Morgan fingerprint density at radius 1 is 1.29 bits per heavy atom. The molecule has 2 heteroatoms. The minimum Gasteiger partial charge on any atom is -0.377 e. The van der Waals surface area contributed by atoms with Gasteiger partial charge in [0, 0.05) is 12.6 Å². The predicted octanol–water partition coefficient (Wildman–Crippen LogP) is 2.53. The van der Waals surface area contributed by atoms with Crippen LogP contribution in [-0.2, 0) is 4.74 Å². The lowest BCUT2D eigenvalue weighted by Gasteiger charge is -2.27. The molecule has 0 aromatic carbocycles. The Hall–Kier alpha value is -0.0800. The van der Waals surface area contributed by atoms with Gasteiger partial charge in [-0.25, -0.2) is 0 Å². The number of rotatable bonds is 5. The molecule has 84 valence electrons. The topological polar surface area (TPSA) is 12.5 Å². The Bertz CT molecular complexity index is 156. The highest BCUT2D eigenvalue weighted by molar-refractivity contribution is 4.81. The SMILES string of the molecule is CC(C)OCCN1CCC[C@@H]1C(C)C. The molecular formula is C12H25NO. The van der Waals surface area contributed by atoms with E-state index in [1.807, 2.05) is 0 Å². The van der Waals surface area contributed by atoms with Gasteiger partial charge in [0.25, 0.3) is 0 Å². The van der Waals surface area contributed by atoms with Gasteiger partial charge in [-0.2, -0.15) is 0 Å². The molecule has 0 spiro atoms. The van der Waals surface area contributed by atoms with Gasteiger partial charge in [-0.3, -0.25) is 4.90 Å². The van der Waals surface area contributed by atoms with Gasteiger partial charge in [0.05, 0.1) is 12.7 Å². The first kappa shape index (κ1) is 12.0. The Kier molecular flexibility index (Phi) is 4.90. The van der Waals surface area contributed by atoms with E-state index in [2.05, 4.69) is 32.6 Å². The molecule has 1 rings (SSSR count). The summed E-state index contributed by atoms with van der Waals surface area (Å²) in [5.41, 5.74) is 0. The molecule has 1 aliphatic rings. The molecule has 2 nitrogen and oxygen atoms in total. The van der Waals surface area contributed by atoms with Crippen LogP contribution in [0.4, 0.5) is 0 Å². The first-order valence-corrected chi connectivity index (χ1v) is 5.97. The molecule has 0 saturated carbocycles. The van der Waals surface area contributed by atoms with Crippen molar-refractivity contribution in [1.82, 2.24) is 4.90 Å². The lowest BCUT2D eigenvalue weighted by atomic mass is 10.0. The third kappa shape index (κ3) is 3.58. The molecule has 0 bridgehead atoms. The highest BCUT2D eigenvalue weighted by Gasteiger charge is 2.26. The summed E-state index contributed by atoms with van der Waals surface area (Å²) in [6.07, 6.45) is 3.11. The van der Waals surface area contributed by atoms with Crippen LogP contribution in [0.1, 0.15) is 40.5 Å². The van der Waals surface area contributed by atoms with Gasteiger partial charge < -0.3 is 4.74 Å². The molecule has 0 aromatic heterocycles. The fourth-order valence-corrected chi connectivity index (χ4v) is 2.29. The van der Waals surface area contributed by atoms with E-state index in [0.29, 0.717) is 6.10 Å². The van der Waals surface area contributed by atoms with Crippen molar-refractivity contribution in [3.8, 4) is 0 Å². The molecule has 0 amide bonds. The molecular weight excluding hydrogens is 174 g/mol. The predicted molar refractivity (Wildman–Crippen MR) is 60.5 cm³/mol. The van der Waals surface area contributed by atoms with E-state index in [-0.39, 0.29) is 0 Å². The largest absolute Gasteiger partial charge is 0.377 e. The molecule has 0 aromatic rings. The van der Waals surface area contributed by atoms with Crippen LogP contribution in [0.2, 0.25) is 0 Å². The summed E-state index contributed by atoms with van der Waals surface area (Å²) in [6.45, 7) is 12.1. The maximum absolute atomic E-state index is 5.59. The van der Waals surface area contributed by atoms with Crippen molar-refractivity contribution in [2.45, 2.75) is 52.7 Å². The van der Waals surface area contributed by atoms with Crippen molar-refractivity contribution >= 4 is 0 Å². The number of likely N-dealkylation sites (tertiary alicyclic amines) is 1. The molecule has 0 radical (unpaired) electrons. The monoisotopic (exact) mass is 199 g/mol. The van der Waals surface area contributed by atoms with Gasteiger partial charge in [-0.15, -0.1) is 0 Å². The summed E-state index contributed by atoms with van der Waals surface area (Å²) in [6, 6.07) is 0.797. The van der Waals surface area contributed by atoms with Crippen LogP contribution in [0.25, 0.3) is 0 Å². The smallest absolute Gasteiger partial charge is 0.0597 e. The van der Waals surface area contributed by atoms with Crippen LogP contribution in [0.3, 0.4) is 0 Å². The lowest BCUT2D eigenvalue weighted by Crippen LogP contribution is -2.36. The summed E-state index contributed by atoms with van der Waals surface area (Å²) in [7, 11) is 0. The second kappa shape index (κ2) is 5.72. The molecule has 0 aliphatic carbocycles. The number of hydrogen-bond donors (Lipinski definition) is 0. The maximum Gasteiger partial charge on any atom is 0.0597 e. The van der Waals surface area contributed by atoms with E-state index in [1.54, 1.807) is 0 Å². The quantitative estimate of drug-likeness (QED) is 0.674. The Morgan fingerprint density at radius 2 is 2.00 bits per heavy atom. The fraction of sp³-hybridized carbons (Fsp3) is 1.00. The molecule has 14 heavy (non-hydrogen) atoms. The summed E-state index contributed by atoms with van der Waals surface area (Å²) < 4.78 is 5.59. The van der Waals surface area contributed by atoms with E-state index < -0.39 is 0 Å². The zero-order valence-corrected chi connectivity index (χ0v) is 10.1. The second-order valence-corrected chi connectivity index (χ2v) is 4.91. The van der Waals surface area contributed by atoms with Crippen LogP contribution >= 0.6 is 0 Å². The number of hydrogen-bond acceptors (Lipinski definition) is 2. The Morgan fingerprint density at radius 3 is 2.57 bits per heavy atom. The molecule has 1 fully saturated rings. The van der Waals surface area contributed by atoms with Crippen molar-refractivity contribution < 1.29 is 4.74 Å². The van der Waals surface area contributed by atoms with Crippen molar-refractivity contribution in [2.75, 3.05) is 19.7 Å². The standard InChI is InChI=1S/C12H25NO/c1-10(2)12-6-5-7-13(12)8-9-14-11(3)4/h10-12H,5-9H2,1-4H3/t12-/m1/s1. The third-order valence-electron chi connectivity index (χ3n) is 3.01. The molecule has 1 heterocycles. The van der Waals surface area contributed by atoms with E-state index in [0.717, 1.165) is 25.1 Å². The van der Waals surface area contributed by atoms with Crippen LogP contribution in [0.15, 0.2) is 0 Å². The first-order chi connectivity index (χ1) is 6.61. The minimum absolute atomic E-state index is 0.370. The minimum atomic E-state index is 0.370. The average molecular weight is 199 g/mol. The van der Waals surface area contributed by atoms with Crippen molar-refractivity contribution in [2.24, 2.45) is 5.92 Å². The van der Waals surface area contributed by atoms with Crippen LogP contribution in [-0.4, -0.2) is 36.7 Å². The highest BCUT2D eigenvalue weighted by Crippen LogP contribution is 2.22. The zero-order valence-electron chi connectivity index (χ0n) is 10.1. The zero-order chi connectivity index (χ0) is 10.6. The van der Waals surface area contributed by atoms with Crippen molar-refractivity contribution in [1.29, 1.82) is 0 Å². The van der Waals surface area contributed by atoms with Gasteiger partial charge in [0.1, 0.15) is 0 Å². The average Bonchev–Trinajstić information content (AvgIpc) is 2.51. The summed E-state index contributed by atoms with van der Waals surface area (Å²) in [5, 5.41) is 0. The summed E-state index contributed by atoms with van der Waals surface area (Å²) in [4.78, 5) is 2.59. The maximum atomic E-state index is 5.59. The first-order valence-electron chi connectivity index (χ1n) is 5.97. The van der Waals surface area contributed by atoms with Gasteiger partial charge >= 0.3 is 0 Å². The Labute approximate surface area is 88.6 Å². The van der Waals surface area contributed by atoms with Crippen molar-refractivity contribution in [3.63, 3.8) is 0 Å². The fourth-order valence-electron chi connectivity index (χ4n) is 2.29. The van der Waals surface area contributed by atoms with Gasteiger partial charge in [0.2, 0.25) is 0 Å². The van der Waals surface area contributed by atoms with Gasteiger partial charge in [0.15, 0.2) is 0 Å². The van der Waals surface area contributed by atoms with Crippen molar-refractivity contribution in [3.05, 3.63) is 0 Å². The van der Waals surface area contributed by atoms with Crippen LogP contribution in [0.5, 0.6) is 0 Å². The van der Waals surface area contributed by atoms with Crippen LogP contribution < -0.4 is 0 Å². The summed E-state index contributed by atoms with van der Waals surface area (Å²) >= 11 is 0. The highest BCUT2D eigenvalue weighted by atomic mass is 16.5. The second-order valence-electron chi connectivity index (χ2n) is 4.91. The summed E-state index contributed by atoms with van der Waals surface area (Å²) in [5.74, 6) is 0.788. The van der Waals surface area contributed by atoms with Crippen LogP contribution in [0, 0.1) is 5.92 Å². The normalized spacial score (nSPS) is 24.0. The molecule has 0 unspecified atom stereocenters. The van der Waals surface area contributed by atoms with E-state index in [9.17, 15) is 0 Å². The molecule has 1 saturated heterocycles. The lowest BCUT2D eigenvalue weighted by molar-refractivity contribution is 0.0521.